The molecule has 3 aromatic heterocycles. The highest BCUT2D eigenvalue weighted by Gasteiger charge is 2.19. The quantitative estimate of drug-likeness (QED) is 0.679. The zero-order chi connectivity index (χ0) is 21.1. The topological polar surface area (TPSA) is 86.8 Å². The van der Waals surface area contributed by atoms with Gasteiger partial charge in [0.1, 0.15) is 11.5 Å². The van der Waals surface area contributed by atoms with Crippen LogP contribution in [0.25, 0.3) is 22.4 Å². The van der Waals surface area contributed by atoms with E-state index in [0.29, 0.717) is 36.0 Å². The van der Waals surface area contributed by atoms with E-state index in [0.717, 1.165) is 38.1 Å². The van der Waals surface area contributed by atoms with Crippen LogP contribution in [0, 0.1) is 11.6 Å². The lowest BCUT2D eigenvalue weighted by Crippen LogP contribution is -2.33. The Hall–Kier alpha value is -3.10. The van der Waals surface area contributed by atoms with Crippen LogP contribution in [0.3, 0.4) is 0 Å². The zero-order valence-corrected chi connectivity index (χ0v) is 16.8. The maximum absolute atomic E-state index is 14.5. The van der Waals surface area contributed by atoms with E-state index in [2.05, 4.69) is 25.3 Å². The Bertz CT molecular complexity index is 1050. The predicted molar refractivity (Wildman–Crippen MR) is 110 cm³/mol. The fraction of sp³-hybridized carbons (Fsp3) is 0.429. The van der Waals surface area contributed by atoms with Crippen LogP contribution in [0.4, 0.5) is 14.6 Å². The fourth-order valence-electron chi connectivity index (χ4n) is 3.75. The van der Waals surface area contributed by atoms with Crippen molar-refractivity contribution in [3.63, 3.8) is 0 Å². The van der Waals surface area contributed by atoms with E-state index in [1.807, 2.05) is 0 Å². The number of aromatic amines is 1. The molecule has 0 aromatic carbocycles. The second-order valence-electron chi connectivity index (χ2n) is 7.69. The summed E-state index contributed by atoms with van der Waals surface area (Å²) < 4.78 is 28.1. The third-order valence-corrected chi connectivity index (χ3v) is 5.51. The van der Waals surface area contributed by atoms with Crippen molar-refractivity contribution in [2.45, 2.75) is 44.6 Å². The van der Waals surface area contributed by atoms with Crippen molar-refractivity contribution in [3.05, 3.63) is 36.3 Å². The van der Waals surface area contributed by atoms with Crippen LogP contribution >= 0.6 is 0 Å². The van der Waals surface area contributed by atoms with Gasteiger partial charge >= 0.3 is 0 Å². The summed E-state index contributed by atoms with van der Waals surface area (Å²) in [5.74, 6) is -0.487. The number of anilines is 1. The minimum Gasteiger partial charge on any atom is -0.365 e. The lowest BCUT2D eigenvalue weighted by molar-refractivity contribution is -0.130. The molecule has 1 amide bonds. The van der Waals surface area contributed by atoms with Crippen molar-refractivity contribution in [1.82, 2.24) is 24.8 Å². The molecule has 0 bridgehead atoms. The number of hydrogen-bond donors (Lipinski definition) is 2. The summed E-state index contributed by atoms with van der Waals surface area (Å²) in [6.45, 7) is 0.601. The van der Waals surface area contributed by atoms with E-state index in [1.54, 1.807) is 18.1 Å². The van der Waals surface area contributed by atoms with E-state index in [-0.39, 0.29) is 23.6 Å². The molecule has 1 fully saturated rings. The average molecular weight is 414 g/mol. The monoisotopic (exact) mass is 414 g/mol. The number of pyridine rings is 1. The molecule has 7 nitrogen and oxygen atoms in total. The number of amides is 1. The summed E-state index contributed by atoms with van der Waals surface area (Å²) in [5.41, 5.74) is 1.06. The molecule has 4 rings (SSSR count). The highest BCUT2D eigenvalue weighted by molar-refractivity contribution is 5.91. The standard InChI is InChI=1S/C21H24F2N6O/c1-29-8-7-14(5-3-2-4-6-18(29)30)27-21-17(23)12-26-20(28-21)16-11-25-19-15(16)9-13(22)10-24-19/h9-12,14H,2-8H2,1H3,(H,24,25)(H,26,27,28)/t14-/m0/s1. The first-order valence-corrected chi connectivity index (χ1v) is 10.2. The van der Waals surface area contributed by atoms with Crippen LogP contribution in [-0.4, -0.2) is 50.4 Å². The number of nitrogens with one attached hydrogen (secondary N) is 2. The van der Waals surface area contributed by atoms with Crippen LogP contribution in [-0.2, 0) is 4.79 Å². The number of halogens is 2. The molecule has 3 aromatic rings. The molecule has 1 aliphatic rings. The summed E-state index contributed by atoms with van der Waals surface area (Å²) in [6, 6.07) is 1.33. The highest BCUT2D eigenvalue weighted by atomic mass is 19.1. The van der Waals surface area contributed by atoms with Crippen LogP contribution in [0.5, 0.6) is 0 Å². The minimum atomic E-state index is -0.551. The summed E-state index contributed by atoms with van der Waals surface area (Å²) in [5, 5.41) is 3.73. The average Bonchev–Trinajstić information content (AvgIpc) is 3.15. The molecule has 4 heterocycles. The number of carbonyl (C=O) groups excluding carboxylic acids is 1. The van der Waals surface area contributed by atoms with Crippen LogP contribution in [0.1, 0.15) is 38.5 Å². The van der Waals surface area contributed by atoms with Gasteiger partial charge in [0.15, 0.2) is 17.5 Å². The van der Waals surface area contributed by atoms with Gasteiger partial charge in [0.2, 0.25) is 5.91 Å². The fourth-order valence-corrected chi connectivity index (χ4v) is 3.75. The molecule has 0 saturated carbocycles. The summed E-state index contributed by atoms with van der Waals surface area (Å²) in [7, 11) is 1.80. The highest BCUT2D eigenvalue weighted by Crippen LogP contribution is 2.27. The second kappa shape index (κ2) is 8.73. The van der Waals surface area contributed by atoms with Gasteiger partial charge < -0.3 is 15.2 Å². The van der Waals surface area contributed by atoms with Crippen molar-refractivity contribution in [1.29, 1.82) is 0 Å². The Morgan fingerprint density at radius 2 is 2.03 bits per heavy atom. The number of H-pyrrole nitrogens is 1. The zero-order valence-electron chi connectivity index (χ0n) is 16.8. The molecule has 0 radical (unpaired) electrons. The van der Waals surface area contributed by atoms with Gasteiger partial charge in [0, 0.05) is 43.2 Å². The maximum Gasteiger partial charge on any atom is 0.222 e. The molecule has 0 spiro atoms. The summed E-state index contributed by atoms with van der Waals surface area (Å²) in [4.78, 5) is 29.2. The molecule has 30 heavy (non-hydrogen) atoms. The second-order valence-corrected chi connectivity index (χ2v) is 7.69. The molecule has 0 aliphatic carbocycles. The smallest absolute Gasteiger partial charge is 0.222 e. The lowest BCUT2D eigenvalue weighted by atomic mass is 10.0. The van der Waals surface area contributed by atoms with Gasteiger partial charge in [-0.2, -0.15) is 0 Å². The Morgan fingerprint density at radius 1 is 1.17 bits per heavy atom. The first-order chi connectivity index (χ1) is 14.5. The Balaban J connectivity index is 1.58. The van der Waals surface area contributed by atoms with Gasteiger partial charge in [0.25, 0.3) is 0 Å². The van der Waals surface area contributed by atoms with Crippen LogP contribution in [0.2, 0.25) is 0 Å². The number of hydrogen-bond acceptors (Lipinski definition) is 5. The number of carbonyl (C=O) groups is 1. The Kier molecular flexibility index (Phi) is 5.87. The molecule has 158 valence electrons. The van der Waals surface area contributed by atoms with Gasteiger partial charge in [-0.3, -0.25) is 4.79 Å². The van der Waals surface area contributed by atoms with E-state index in [1.165, 1.54) is 6.07 Å². The summed E-state index contributed by atoms with van der Waals surface area (Å²) >= 11 is 0. The summed E-state index contributed by atoms with van der Waals surface area (Å²) in [6.07, 6.45) is 8.81. The Morgan fingerprint density at radius 3 is 2.90 bits per heavy atom. The third-order valence-electron chi connectivity index (χ3n) is 5.51. The maximum atomic E-state index is 14.5. The number of rotatable bonds is 3. The van der Waals surface area contributed by atoms with Gasteiger partial charge in [-0.05, 0) is 25.3 Å². The van der Waals surface area contributed by atoms with Crippen molar-refractivity contribution in [2.75, 3.05) is 18.9 Å². The van der Waals surface area contributed by atoms with Gasteiger partial charge in [-0.15, -0.1) is 0 Å². The minimum absolute atomic E-state index is 0.0160. The molecule has 1 aliphatic heterocycles. The van der Waals surface area contributed by atoms with Gasteiger partial charge in [-0.25, -0.2) is 23.7 Å². The molecule has 1 atom stereocenters. The van der Waals surface area contributed by atoms with Crippen LogP contribution in [0.15, 0.2) is 24.7 Å². The third kappa shape index (κ3) is 4.39. The molecular weight excluding hydrogens is 390 g/mol. The Labute approximate surface area is 172 Å². The SMILES string of the molecule is CN1CC[C@@H](Nc2nc(-c3c[nH]c4ncc(F)cc34)ncc2F)CCCCCC1=O. The van der Waals surface area contributed by atoms with Gasteiger partial charge in [-0.1, -0.05) is 12.8 Å². The van der Waals surface area contributed by atoms with E-state index in [9.17, 15) is 13.6 Å². The van der Waals surface area contributed by atoms with E-state index in [4.69, 9.17) is 0 Å². The van der Waals surface area contributed by atoms with Crippen molar-refractivity contribution in [2.24, 2.45) is 0 Å². The van der Waals surface area contributed by atoms with Crippen molar-refractivity contribution < 1.29 is 13.6 Å². The lowest BCUT2D eigenvalue weighted by Gasteiger charge is -2.25. The molecule has 0 unspecified atom stereocenters. The molecular formula is C21H24F2N6O. The van der Waals surface area contributed by atoms with Crippen molar-refractivity contribution in [3.8, 4) is 11.4 Å². The predicted octanol–water partition coefficient (Wildman–Crippen LogP) is 3.89. The van der Waals surface area contributed by atoms with Crippen molar-refractivity contribution >= 4 is 22.8 Å². The largest absolute Gasteiger partial charge is 0.365 e. The van der Waals surface area contributed by atoms with Crippen LogP contribution < -0.4 is 5.32 Å². The normalized spacial score (nSPS) is 18.6. The number of nitrogens with zero attached hydrogens (tertiary/aromatic N) is 4. The van der Waals surface area contributed by atoms with Gasteiger partial charge in [0.05, 0.1) is 12.4 Å². The van der Waals surface area contributed by atoms with E-state index >= 15 is 0 Å². The molecule has 2 N–H and O–H groups in total. The number of fused-ring (bicyclic) bond motifs is 1. The number of aromatic nitrogens is 4. The molecule has 1 saturated heterocycles. The first kappa shape index (κ1) is 20.2. The van der Waals surface area contributed by atoms with E-state index < -0.39 is 11.6 Å². The first-order valence-electron chi connectivity index (χ1n) is 10.2. The molecule has 9 heteroatoms.